The van der Waals surface area contributed by atoms with Crippen molar-refractivity contribution in [2.75, 3.05) is 0 Å². The van der Waals surface area contributed by atoms with Crippen LogP contribution in [0.5, 0.6) is 0 Å². The molecule has 1 radical (unpaired) electrons. The molecule has 10 heavy (non-hydrogen) atoms. The van der Waals surface area contributed by atoms with Gasteiger partial charge in [-0.1, -0.05) is 0 Å². The molecule has 0 aliphatic heterocycles. The van der Waals surface area contributed by atoms with E-state index >= 15 is 0 Å². The summed E-state index contributed by atoms with van der Waals surface area (Å²) >= 11 is 0. The zero-order chi connectivity index (χ0) is 6.97. The Morgan fingerprint density at radius 2 is 2.50 bits per heavy atom. The minimum Gasteiger partial charge on any atom is -0.346 e. The highest BCUT2D eigenvalue weighted by Gasteiger charge is 1.96. The smallest absolute Gasteiger partial charge is 0.137 e. The maximum absolute atomic E-state index is 4.09. The fraction of sp³-hybridized carbons (Fsp3) is 0.125. The fourth-order valence-electron chi connectivity index (χ4n) is 1.03. The number of nitrogens with zero attached hydrogens (tertiary/aromatic N) is 1. The van der Waals surface area contributed by atoms with Crippen molar-refractivity contribution < 1.29 is 0 Å². The van der Waals surface area contributed by atoms with Crippen LogP contribution < -0.4 is 0 Å². The first-order valence-electron chi connectivity index (χ1n) is 3.18. The highest BCUT2D eigenvalue weighted by molar-refractivity contribution is 5.78. The van der Waals surface area contributed by atoms with Crippen LogP contribution in [0.1, 0.15) is 5.56 Å². The Kier molecular flexibility index (Phi) is 1.01. The van der Waals surface area contributed by atoms with Crippen LogP contribution in [0, 0.1) is 13.0 Å². The molecule has 0 aromatic carbocycles. The summed E-state index contributed by atoms with van der Waals surface area (Å²) in [5.74, 6) is 0. The van der Waals surface area contributed by atoms with Crippen molar-refractivity contribution in [3.8, 4) is 0 Å². The van der Waals surface area contributed by atoms with Gasteiger partial charge in [-0.25, -0.2) is 4.98 Å². The molecule has 2 rings (SSSR count). The monoisotopic (exact) mass is 131 g/mol. The number of rotatable bonds is 0. The van der Waals surface area contributed by atoms with Crippen LogP contribution in [0.2, 0.25) is 0 Å². The van der Waals surface area contributed by atoms with Crippen LogP contribution in [-0.4, -0.2) is 9.97 Å². The number of nitrogens with one attached hydrogen (secondary N) is 1. The molecule has 0 unspecified atom stereocenters. The van der Waals surface area contributed by atoms with E-state index in [-0.39, 0.29) is 0 Å². The number of hydrogen-bond donors (Lipinski definition) is 1. The Morgan fingerprint density at radius 1 is 1.60 bits per heavy atom. The Balaban J connectivity index is 2.93. The maximum Gasteiger partial charge on any atom is 0.137 e. The van der Waals surface area contributed by atoms with Gasteiger partial charge in [0.25, 0.3) is 0 Å². The van der Waals surface area contributed by atoms with Gasteiger partial charge in [0.2, 0.25) is 0 Å². The van der Waals surface area contributed by atoms with Gasteiger partial charge in [-0.3, -0.25) is 0 Å². The van der Waals surface area contributed by atoms with Gasteiger partial charge in [0.1, 0.15) is 5.65 Å². The molecule has 49 valence electrons. The third-order valence-corrected chi connectivity index (χ3v) is 1.60. The van der Waals surface area contributed by atoms with Gasteiger partial charge in [-0.2, -0.15) is 0 Å². The Hall–Kier alpha value is -1.31. The topological polar surface area (TPSA) is 28.7 Å². The molecule has 0 bridgehead atoms. The van der Waals surface area contributed by atoms with E-state index < -0.39 is 0 Å². The fourth-order valence-corrected chi connectivity index (χ4v) is 1.03. The standard InChI is InChI=1S/C8H7N2/c1-6-5-10-8-7(6)3-2-4-9-8/h3-5H,1H3,(H,9,10). The van der Waals surface area contributed by atoms with Crippen molar-refractivity contribution in [2.24, 2.45) is 0 Å². The molecule has 2 aromatic heterocycles. The Bertz CT molecular complexity index is 349. The average Bonchev–Trinajstić information content (AvgIpc) is 2.34. The molecule has 2 heteroatoms. The van der Waals surface area contributed by atoms with Crippen molar-refractivity contribution in [1.29, 1.82) is 0 Å². The Labute approximate surface area is 58.9 Å². The number of aromatic nitrogens is 2. The predicted octanol–water partition coefficient (Wildman–Crippen LogP) is 1.67. The number of fused-ring (bicyclic) bond motifs is 1. The van der Waals surface area contributed by atoms with Crippen LogP contribution in [0.25, 0.3) is 11.0 Å². The lowest BCUT2D eigenvalue weighted by Gasteiger charge is -1.85. The first-order valence-corrected chi connectivity index (χ1v) is 3.18. The maximum atomic E-state index is 4.09. The van der Waals surface area contributed by atoms with Crippen molar-refractivity contribution in [2.45, 2.75) is 6.92 Å². The number of H-pyrrole nitrogens is 1. The third-order valence-electron chi connectivity index (χ3n) is 1.60. The molecule has 0 atom stereocenters. The first kappa shape index (κ1) is 5.47. The van der Waals surface area contributed by atoms with Crippen molar-refractivity contribution in [3.63, 3.8) is 0 Å². The summed E-state index contributed by atoms with van der Waals surface area (Å²) < 4.78 is 0. The largest absolute Gasteiger partial charge is 0.346 e. The second-order valence-corrected chi connectivity index (χ2v) is 2.30. The molecule has 2 aromatic rings. The molecule has 0 saturated carbocycles. The molecule has 0 aliphatic carbocycles. The minimum atomic E-state index is 0.941. The second kappa shape index (κ2) is 1.84. The van der Waals surface area contributed by atoms with Gasteiger partial charge < -0.3 is 4.98 Å². The van der Waals surface area contributed by atoms with E-state index in [1.165, 1.54) is 5.56 Å². The number of aryl methyl sites for hydroxylation is 1. The van der Waals surface area contributed by atoms with Crippen molar-refractivity contribution in [1.82, 2.24) is 9.97 Å². The normalized spacial score (nSPS) is 10.5. The molecular weight excluding hydrogens is 124 g/mol. The Morgan fingerprint density at radius 3 is 3.30 bits per heavy atom. The molecule has 2 nitrogen and oxygen atoms in total. The van der Waals surface area contributed by atoms with Gasteiger partial charge in [-0.05, 0) is 18.6 Å². The second-order valence-electron chi connectivity index (χ2n) is 2.30. The van der Waals surface area contributed by atoms with Gasteiger partial charge in [0.05, 0.1) is 0 Å². The summed E-state index contributed by atoms with van der Waals surface area (Å²) in [5, 5.41) is 1.16. The number of hydrogen-bond acceptors (Lipinski definition) is 1. The van der Waals surface area contributed by atoms with E-state index in [4.69, 9.17) is 0 Å². The van der Waals surface area contributed by atoms with E-state index in [0.29, 0.717) is 0 Å². The SMILES string of the molecule is Cc1c[nH]c2nc[c]cc12. The van der Waals surface area contributed by atoms with E-state index in [0.717, 1.165) is 11.0 Å². The number of pyridine rings is 1. The highest BCUT2D eigenvalue weighted by Crippen LogP contribution is 2.12. The minimum absolute atomic E-state index is 0.941. The molecule has 0 fully saturated rings. The van der Waals surface area contributed by atoms with Crippen LogP contribution >= 0.6 is 0 Å². The summed E-state index contributed by atoms with van der Waals surface area (Å²) in [7, 11) is 0. The summed E-state index contributed by atoms with van der Waals surface area (Å²) in [5.41, 5.74) is 2.16. The van der Waals surface area contributed by atoms with Gasteiger partial charge in [-0.15, -0.1) is 0 Å². The van der Waals surface area contributed by atoms with Gasteiger partial charge in [0.15, 0.2) is 0 Å². The quantitative estimate of drug-likeness (QED) is 0.578. The molecule has 0 saturated heterocycles. The number of aromatic amines is 1. The van der Waals surface area contributed by atoms with Crippen LogP contribution in [0.4, 0.5) is 0 Å². The van der Waals surface area contributed by atoms with E-state index in [2.05, 4.69) is 16.0 Å². The lowest BCUT2D eigenvalue weighted by molar-refractivity contribution is 1.32. The van der Waals surface area contributed by atoms with E-state index in [1.807, 2.05) is 19.2 Å². The van der Waals surface area contributed by atoms with Crippen LogP contribution in [0.15, 0.2) is 18.5 Å². The predicted molar refractivity (Wildman–Crippen MR) is 39.7 cm³/mol. The highest BCUT2D eigenvalue weighted by atomic mass is 14.8. The first-order chi connectivity index (χ1) is 4.88. The lowest BCUT2D eigenvalue weighted by atomic mass is 10.2. The zero-order valence-corrected chi connectivity index (χ0v) is 5.68. The molecular formula is C8H7N2. The van der Waals surface area contributed by atoms with Crippen molar-refractivity contribution >= 4 is 11.0 Å². The van der Waals surface area contributed by atoms with E-state index in [1.54, 1.807) is 6.20 Å². The molecule has 2 heterocycles. The average molecular weight is 131 g/mol. The summed E-state index contributed by atoms with van der Waals surface area (Å²) in [6.07, 6.45) is 3.61. The third kappa shape index (κ3) is 0.620. The molecule has 1 N–H and O–H groups in total. The van der Waals surface area contributed by atoms with Gasteiger partial charge >= 0.3 is 0 Å². The summed E-state index contributed by atoms with van der Waals surface area (Å²) in [6.45, 7) is 2.05. The van der Waals surface area contributed by atoms with Crippen LogP contribution in [-0.2, 0) is 0 Å². The molecule has 0 spiro atoms. The van der Waals surface area contributed by atoms with E-state index in [9.17, 15) is 0 Å². The van der Waals surface area contributed by atoms with Crippen LogP contribution in [0.3, 0.4) is 0 Å². The van der Waals surface area contributed by atoms with Crippen molar-refractivity contribution in [3.05, 3.63) is 30.1 Å². The zero-order valence-electron chi connectivity index (χ0n) is 5.68. The molecule has 0 aliphatic rings. The summed E-state index contributed by atoms with van der Waals surface area (Å²) in [6, 6.07) is 4.87. The van der Waals surface area contributed by atoms with Gasteiger partial charge in [0, 0.05) is 23.8 Å². The lowest BCUT2D eigenvalue weighted by Crippen LogP contribution is -1.72. The summed E-state index contributed by atoms with van der Waals surface area (Å²) in [4.78, 5) is 7.15. The molecule has 0 amide bonds.